The van der Waals surface area contributed by atoms with E-state index in [4.69, 9.17) is 4.74 Å². The van der Waals surface area contributed by atoms with E-state index in [1.54, 1.807) is 11.3 Å². The Kier molecular flexibility index (Phi) is 14.4. The smallest absolute Gasteiger partial charge is 0.191 e. The number of unbranched alkanes of at least 4 members (excludes halogenated alkanes) is 1. The monoisotopic (exact) mass is 425 g/mol. The molecule has 6 heteroatoms. The molecule has 0 amide bonds. The molecule has 0 aliphatic rings. The van der Waals surface area contributed by atoms with Crippen molar-refractivity contribution in [1.29, 1.82) is 0 Å². The van der Waals surface area contributed by atoms with Crippen molar-refractivity contribution in [3.63, 3.8) is 0 Å². The molecule has 0 saturated carbocycles. The van der Waals surface area contributed by atoms with Gasteiger partial charge in [-0.15, -0.1) is 24.0 Å². The Labute approximate surface area is 149 Å². The van der Waals surface area contributed by atoms with E-state index in [1.807, 2.05) is 0 Å². The summed E-state index contributed by atoms with van der Waals surface area (Å²) >= 11 is 1.71. The highest BCUT2D eigenvalue weighted by molar-refractivity contribution is 14.0. The van der Waals surface area contributed by atoms with E-state index in [-0.39, 0.29) is 24.0 Å². The highest BCUT2D eigenvalue weighted by Gasteiger charge is 1.97. The number of nitrogens with one attached hydrogen (secondary N) is 2. The van der Waals surface area contributed by atoms with Crippen molar-refractivity contribution in [2.24, 2.45) is 4.99 Å². The summed E-state index contributed by atoms with van der Waals surface area (Å²) in [4.78, 5) is 4.56. The fourth-order valence-corrected chi connectivity index (χ4v) is 2.28. The van der Waals surface area contributed by atoms with Gasteiger partial charge in [0.1, 0.15) is 0 Å². The molecule has 0 fully saturated rings. The molecule has 122 valence electrons. The van der Waals surface area contributed by atoms with E-state index in [9.17, 15) is 0 Å². The van der Waals surface area contributed by atoms with Crippen LogP contribution in [0, 0.1) is 0 Å². The van der Waals surface area contributed by atoms with Gasteiger partial charge in [0.05, 0.1) is 6.54 Å². The summed E-state index contributed by atoms with van der Waals surface area (Å²) in [6.07, 6.45) is 3.35. The van der Waals surface area contributed by atoms with Gasteiger partial charge in [-0.3, -0.25) is 0 Å². The van der Waals surface area contributed by atoms with Crippen LogP contribution >= 0.6 is 35.3 Å². The third-order valence-corrected chi connectivity index (χ3v) is 3.48. The van der Waals surface area contributed by atoms with Crippen LogP contribution in [0.5, 0.6) is 0 Å². The minimum Gasteiger partial charge on any atom is -0.381 e. The van der Waals surface area contributed by atoms with Crippen LogP contribution < -0.4 is 10.6 Å². The SMILES string of the molecule is CCCCOCCCNC(=NCc1ccsc1)NCC.I. The average Bonchev–Trinajstić information content (AvgIpc) is 2.97. The van der Waals surface area contributed by atoms with E-state index in [1.165, 1.54) is 12.0 Å². The van der Waals surface area contributed by atoms with Crippen LogP contribution in [0.25, 0.3) is 0 Å². The Bertz CT molecular complexity index is 358. The second-order valence-electron chi connectivity index (χ2n) is 4.57. The van der Waals surface area contributed by atoms with Crippen LogP contribution in [-0.4, -0.2) is 32.3 Å². The summed E-state index contributed by atoms with van der Waals surface area (Å²) < 4.78 is 5.54. The van der Waals surface area contributed by atoms with Crippen molar-refractivity contribution < 1.29 is 4.74 Å². The zero-order valence-corrected chi connectivity index (χ0v) is 16.2. The molecule has 0 unspecified atom stereocenters. The maximum atomic E-state index is 5.54. The predicted molar refractivity (Wildman–Crippen MR) is 103 cm³/mol. The van der Waals surface area contributed by atoms with E-state index in [0.717, 1.165) is 51.6 Å². The number of thiophene rings is 1. The molecule has 2 N–H and O–H groups in total. The van der Waals surface area contributed by atoms with Crippen LogP contribution in [0.3, 0.4) is 0 Å². The van der Waals surface area contributed by atoms with Crippen molar-refractivity contribution in [1.82, 2.24) is 10.6 Å². The summed E-state index contributed by atoms with van der Waals surface area (Å²) in [5.41, 5.74) is 1.26. The molecule has 1 aromatic heterocycles. The van der Waals surface area contributed by atoms with E-state index < -0.39 is 0 Å². The summed E-state index contributed by atoms with van der Waals surface area (Å²) in [7, 11) is 0. The van der Waals surface area contributed by atoms with Crippen LogP contribution in [0.4, 0.5) is 0 Å². The maximum Gasteiger partial charge on any atom is 0.191 e. The molecular weight excluding hydrogens is 397 g/mol. The molecule has 0 atom stereocenters. The number of guanidine groups is 1. The summed E-state index contributed by atoms with van der Waals surface area (Å²) in [6.45, 7) is 8.45. The molecule has 0 radical (unpaired) electrons. The highest BCUT2D eigenvalue weighted by atomic mass is 127. The summed E-state index contributed by atoms with van der Waals surface area (Å²) in [5, 5.41) is 10.8. The van der Waals surface area contributed by atoms with Gasteiger partial charge >= 0.3 is 0 Å². The molecule has 0 bridgehead atoms. The van der Waals surface area contributed by atoms with Gasteiger partial charge in [-0.1, -0.05) is 13.3 Å². The van der Waals surface area contributed by atoms with Gasteiger partial charge in [-0.25, -0.2) is 4.99 Å². The fraction of sp³-hybridized carbons (Fsp3) is 0.667. The molecule has 0 saturated heterocycles. The standard InChI is InChI=1S/C15H27N3OS.HI/c1-3-5-9-19-10-6-8-17-15(16-4-2)18-12-14-7-11-20-13-14;/h7,11,13H,3-6,8-10,12H2,1-2H3,(H2,16,17,18);1H. The van der Waals surface area contributed by atoms with Crippen molar-refractivity contribution in [3.8, 4) is 0 Å². The molecule has 0 aliphatic carbocycles. The van der Waals surface area contributed by atoms with Crippen LogP contribution in [0.1, 0.15) is 38.7 Å². The molecule has 1 heterocycles. The van der Waals surface area contributed by atoms with Crippen molar-refractivity contribution >= 4 is 41.3 Å². The molecule has 4 nitrogen and oxygen atoms in total. The first-order valence-corrected chi connectivity index (χ1v) is 8.42. The number of aliphatic imine (C=N–C) groups is 1. The Hall–Kier alpha value is -0.340. The molecule has 0 spiro atoms. The van der Waals surface area contributed by atoms with Gasteiger partial charge in [0, 0.05) is 26.3 Å². The molecular formula is C15H28IN3OS. The minimum atomic E-state index is 0. The first kappa shape index (κ1) is 20.7. The number of ether oxygens (including phenoxy) is 1. The zero-order valence-electron chi connectivity index (χ0n) is 13.1. The molecule has 0 aliphatic heterocycles. The van der Waals surface area contributed by atoms with Crippen molar-refractivity contribution in [2.45, 2.75) is 39.7 Å². The largest absolute Gasteiger partial charge is 0.381 e. The third kappa shape index (κ3) is 11.0. The van der Waals surface area contributed by atoms with E-state index >= 15 is 0 Å². The van der Waals surface area contributed by atoms with Crippen LogP contribution in [-0.2, 0) is 11.3 Å². The molecule has 1 aromatic rings. The number of hydrogen-bond donors (Lipinski definition) is 2. The van der Waals surface area contributed by atoms with E-state index in [2.05, 4.69) is 46.3 Å². The Morgan fingerprint density at radius 1 is 1.24 bits per heavy atom. The van der Waals surface area contributed by atoms with Crippen molar-refractivity contribution in [3.05, 3.63) is 22.4 Å². The molecule has 21 heavy (non-hydrogen) atoms. The zero-order chi connectivity index (χ0) is 14.5. The number of nitrogens with zero attached hydrogens (tertiary/aromatic N) is 1. The van der Waals surface area contributed by atoms with Gasteiger partial charge in [0.15, 0.2) is 5.96 Å². The highest BCUT2D eigenvalue weighted by Crippen LogP contribution is 2.06. The quantitative estimate of drug-likeness (QED) is 0.261. The predicted octanol–water partition coefficient (Wildman–Crippen LogP) is 3.63. The average molecular weight is 425 g/mol. The first-order valence-electron chi connectivity index (χ1n) is 7.47. The van der Waals surface area contributed by atoms with Crippen LogP contribution in [0.2, 0.25) is 0 Å². The van der Waals surface area contributed by atoms with Gasteiger partial charge in [0.25, 0.3) is 0 Å². The second-order valence-corrected chi connectivity index (χ2v) is 5.35. The number of hydrogen-bond acceptors (Lipinski definition) is 3. The van der Waals surface area contributed by atoms with Gasteiger partial charge in [0.2, 0.25) is 0 Å². The third-order valence-electron chi connectivity index (χ3n) is 2.74. The lowest BCUT2D eigenvalue weighted by Gasteiger charge is -2.11. The normalized spacial score (nSPS) is 11.0. The maximum absolute atomic E-state index is 5.54. The first-order chi connectivity index (χ1) is 9.86. The number of halogens is 1. The summed E-state index contributed by atoms with van der Waals surface area (Å²) in [5.74, 6) is 0.882. The van der Waals surface area contributed by atoms with Gasteiger partial charge in [-0.2, -0.15) is 11.3 Å². The molecule has 0 aromatic carbocycles. The lowest BCUT2D eigenvalue weighted by atomic mass is 10.3. The van der Waals surface area contributed by atoms with E-state index in [0.29, 0.717) is 0 Å². The topological polar surface area (TPSA) is 45.6 Å². The second kappa shape index (κ2) is 14.6. The lowest BCUT2D eigenvalue weighted by Crippen LogP contribution is -2.38. The Balaban J connectivity index is 0.00000400. The Morgan fingerprint density at radius 3 is 2.71 bits per heavy atom. The number of rotatable bonds is 10. The van der Waals surface area contributed by atoms with Crippen molar-refractivity contribution in [2.75, 3.05) is 26.3 Å². The Morgan fingerprint density at radius 2 is 2.05 bits per heavy atom. The fourth-order valence-electron chi connectivity index (χ4n) is 1.62. The molecule has 1 rings (SSSR count). The minimum absolute atomic E-state index is 0. The van der Waals surface area contributed by atoms with Crippen LogP contribution in [0.15, 0.2) is 21.8 Å². The lowest BCUT2D eigenvalue weighted by molar-refractivity contribution is 0.129. The summed E-state index contributed by atoms with van der Waals surface area (Å²) in [6, 6.07) is 2.11. The van der Waals surface area contributed by atoms with Gasteiger partial charge < -0.3 is 15.4 Å². The van der Waals surface area contributed by atoms with Gasteiger partial charge in [-0.05, 0) is 42.2 Å².